The third-order valence-corrected chi connectivity index (χ3v) is 6.37. The van der Waals surface area contributed by atoms with Crippen molar-refractivity contribution in [1.82, 2.24) is 0 Å². The zero-order valence-electron chi connectivity index (χ0n) is 17.9. The van der Waals surface area contributed by atoms with Gasteiger partial charge in [-0.05, 0) is 90.6 Å². The number of fused-ring (bicyclic) bond motifs is 1. The first-order valence-electron chi connectivity index (χ1n) is 10.5. The molecule has 1 aliphatic heterocycles. The van der Waals surface area contributed by atoms with E-state index in [-0.39, 0.29) is 5.82 Å². The fraction of sp³-hybridized carbons (Fsp3) is 0.250. The normalized spacial score (nSPS) is 15.6. The summed E-state index contributed by atoms with van der Waals surface area (Å²) in [7, 11) is -1.39. The summed E-state index contributed by atoms with van der Waals surface area (Å²) in [5, 5.41) is 4.17. The van der Waals surface area contributed by atoms with E-state index in [4.69, 9.17) is 4.74 Å². The van der Waals surface area contributed by atoms with E-state index in [0.717, 1.165) is 29.8 Å². The van der Waals surface area contributed by atoms with Gasteiger partial charge in [-0.1, -0.05) is 0 Å². The minimum atomic E-state index is -3.36. The fourth-order valence-corrected chi connectivity index (χ4v) is 4.66. The molecule has 166 valence electrons. The van der Waals surface area contributed by atoms with Gasteiger partial charge in [-0.2, -0.15) is 0 Å². The molecule has 6 nitrogen and oxygen atoms in total. The van der Waals surface area contributed by atoms with E-state index < -0.39 is 10.0 Å². The van der Waals surface area contributed by atoms with Gasteiger partial charge in [-0.25, -0.2) is 12.8 Å². The molecule has 1 heterocycles. The molecule has 0 bridgehead atoms. The van der Waals surface area contributed by atoms with E-state index in [9.17, 15) is 12.8 Å². The molecule has 0 radical (unpaired) electrons. The minimum Gasteiger partial charge on any atom is -0.457 e. The van der Waals surface area contributed by atoms with Crippen LogP contribution in [-0.2, 0) is 16.6 Å². The summed E-state index contributed by atoms with van der Waals surface area (Å²) in [6.07, 6.45) is 3.36. The summed E-state index contributed by atoms with van der Waals surface area (Å²) in [4.78, 5) is 0. The van der Waals surface area contributed by atoms with E-state index in [1.807, 2.05) is 42.4 Å². The molecular weight excluding hydrogens is 429 g/mol. The maximum absolute atomic E-state index is 13.1. The Hall–Kier alpha value is -3.26. The molecule has 0 amide bonds. The first-order valence-corrected chi connectivity index (χ1v) is 12.4. The predicted molar refractivity (Wildman–Crippen MR) is 124 cm³/mol. The lowest BCUT2D eigenvalue weighted by molar-refractivity contribution is 0.480. The lowest BCUT2D eigenvalue weighted by atomic mass is 10.0. The van der Waals surface area contributed by atoms with Crippen molar-refractivity contribution in [2.45, 2.75) is 25.3 Å². The largest absolute Gasteiger partial charge is 0.457 e. The summed E-state index contributed by atoms with van der Waals surface area (Å²) < 4.78 is 45.3. The Labute approximate surface area is 187 Å². The molecule has 1 N–H and O–H groups in total. The number of nitrogens with one attached hydrogen (secondary N) is 1. The highest BCUT2D eigenvalue weighted by Crippen LogP contribution is 2.47. The van der Waals surface area contributed by atoms with Crippen molar-refractivity contribution in [3.63, 3.8) is 0 Å². The van der Waals surface area contributed by atoms with Crippen LogP contribution >= 0.6 is 0 Å². The molecule has 8 heteroatoms. The number of rotatable bonds is 6. The molecule has 0 saturated heterocycles. The third-order valence-electron chi connectivity index (χ3n) is 5.78. The maximum atomic E-state index is 13.1. The smallest absolute Gasteiger partial charge is 0.229 e. The molecular formula is C24H24FN3O3S. The van der Waals surface area contributed by atoms with Gasteiger partial charge in [-0.3, -0.25) is 14.7 Å². The second-order valence-electron chi connectivity index (χ2n) is 8.35. The van der Waals surface area contributed by atoms with Crippen LogP contribution in [0.15, 0.2) is 60.7 Å². The number of anilines is 3. The number of hydrazine groups is 1. The van der Waals surface area contributed by atoms with Crippen LogP contribution in [0.4, 0.5) is 21.5 Å². The molecule has 3 aromatic carbocycles. The third kappa shape index (κ3) is 4.23. The summed E-state index contributed by atoms with van der Waals surface area (Å²) in [5.41, 5.74) is 4.88. The lowest BCUT2D eigenvalue weighted by Gasteiger charge is -2.28. The number of ether oxygens (including phenoxy) is 1. The summed E-state index contributed by atoms with van der Waals surface area (Å²) in [6, 6.07) is 17.7. The molecule has 0 atom stereocenters. The van der Waals surface area contributed by atoms with Crippen LogP contribution in [0.2, 0.25) is 0 Å². The Balaban J connectivity index is 1.38. The van der Waals surface area contributed by atoms with Crippen molar-refractivity contribution in [2.24, 2.45) is 0 Å². The monoisotopic (exact) mass is 453 g/mol. The summed E-state index contributed by atoms with van der Waals surface area (Å²) in [5.74, 6) is 1.36. The molecule has 3 aromatic rings. The number of halogens is 1. The van der Waals surface area contributed by atoms with Crippen molar-refractivity contribution in [3.8, 4) is 11.5 Å². The Morgan fingerprint density at radius 3 is 2.22 bits per heavy atom. The van der Waals surface area contributed by atoms with Crippen LogP contribution in [-0.4, -0.2) is 21.7 Å². The molecule has 1 saturated carbocycles. The quantitative estimate of drug-likeness (QED) is 0.553. The SMILES string of the molecule is CN1c2cc(NS(C)(=O)=O)c(C3CC3)cc2CN1c1ccc(Oc2ccc(F)cc2)cc1. The van der Waals surface area contributed by atoms with Gasteiger partial charge in [0, 0.05) is 7.05 Å². The van der Waals surface area contributed by atoms with Crippen LogP contribution in [0.25, 0.3) is 0 Å². The molecule has 32 heavy (non-hydrogen) atoms. The molecule has 0 unspecified atom stereocenters. The van der Waals surface area contributed by atoms with Gasteiger partial charge in [0.05, 0.1) is 29.9 Å². The lowest BCUT2D eigenvalue weighted by Crippen LogP contribution is -2.33. The average molecular weight is 454 g/mol. The Morgan fingerprint density at radius 1 is 1.00 bits per heavy atom. The van der Waals surface area contributed by atoms with E-state index in [1.54, 1.807) is 12.1 Å². The zero-order valence-corrected chi connectivity index (χ0v) is 18.7. The maximum Gasteiger partial charge on any atom is 0.229 e. The highest BCUT2D eigenvalue weighted by Gasteiger charge is 2.32. The van der Waals surface area contributed by atoms with E-state index >= 15 is 0 Å². The number of hydrogen-bond donors (Lipinski definition) is 1. The van der Waals surface area contributed by atoms with Crippen LogP contribution in [0.5, 0.6) is 11.5 Å². The first-order chi connectivity index (χ1) is 15.3. The average Bonchev–Trinajstić information content (AvgIpc) is 3.54. The van der Waals surface area contributed by atoms with E-state index in [0.29, 0.717) is 29.6 Å². The predicted octanol–water partition coefficient (Wildman–Crippen LogP) is 5.24. The number of hydrogen-bond acceptors (Lipinski definition) is 5. The van der Waals surface area contributed by atoms with Crippen molar-refractivity contribution < 1.29 is 17.5 Å². The number of benzene rings is 3. The minimum absolute atomic E-state index is 0.302. The van der Waals surface area contributed by atoms with Crippen LogP contribution < -0.4 is 19.5 Å². The molecule has 0 spiro atoms. The Bertz CT molecular complexity index is 1260. The van der Waals surface area contributed by atoms with Gasteiger partial charge in [-0.15, -0.1) is 0 Å². The van der Waals surface area contributed by atoms with Crippen LogP contribution in [0.1, 0.15) is 29.9 Å². The second-order valence-corrected chi connectivity index (χ2v) is 10.1. The standard InChI is InChI=1S/C24H24FN3O3S/c1-27-24-14-23(26-32(2,29)30)22(16-3-4-16)13-17(24)15-28(27)19-7-11-21(12-8-19)31-20-9-5-18(25)6-10-20/h5-14,16,26H,3-4,15H2,1-2H3. The number of nitrogens with zero attached hydrogens (tertiary/aromatic N) is 2. The highest BCUT2D eigenvalue weighted by atomic mass is 32.2. The van der Waals surface area contributed by atoms with Crippen molar-refractivity contribution in [3.05, 3.63) is 77.6 Å². The van der Waals surface area contributed by atoms with Crippen LogP contribution in [0, 0.1) is 5.82 Å². The summed E-state index contributed by atoms with van der Waals surface area (Å²) >= 11 is 0. The topological polar surface area (TPSA) is 61.9 Å². The molecule has 5 rings (SSSR count). The fourth-order valence-electron chi connectivity index (χ4n) is 4.09. The van der Waals surface area contributed by atoms with Crippen molar-refractivity contribution in [1.29, 1.82) is 0 Å². The summed E-state index contributed by atoms with van der Waals surface area (Å²) in [6.45, 7) is 0.697. The van der Waals surface area contributed by atoms with Gasteiger partial charge < -0.3 is 4.74 Å². The van der Waals surface area contributed by atoms with E-state index in [1.165, 1.54) is 24.0 Å². The zero-order chi connectivity index (χ0) is 22.5. The van der Waals surface area contributed by atoms with Gasteiger partial charge in [0.15, 0.2) is 0 Å². The number of sulfonamides is 1. The Morgan fingerprint density at radius 2 is 1.62 bits per heavy atom. The Kier molecular flexibility index (Phi) is 4.97. The second kappa shape index (κ2) is 7.70. The molecule has 1 fully saturated rings. The molecule has 1 aliphatic carbocycles. The van der Waals surface area contributed by atoms with Crippen molar-refractivity contribution in [2.75, 3.05) is 28.0 Å². The first kappa shape index (κ1) is 20.6. The highest BCUT2D eigenvalue weighted by molar-refractivity contribution is 7.92. The molecule has 0 aromatic heterocycles. The van der Waals surface area contributed by atoms with Gasteiger partial charge >= 0.3 is 0 Å². The van der Waals surface area contributed by atoms with Gasteiger partial charge in [0.2, 0.25) is 10.0 Å². The molecule has 2 aliphatic rings. The van der Waals surface area contributed by atoms with Crippen molar-refractivity contribution >= 4 is 27.1 Å². The van der Waals surface area contributed by atoms with E-state index in [2.05, 4.69) is 15.8 Å². The van der Waals surface area contributed by atoms with Gasteiger partial charge in [0.25, 0.3) is 0 Å². The van der Waals surface area contributed by atoms with Crippen LogP contribution in [0.3, 0.4) is 0 Å². The van der Waals surface area contributed by atoms with Gasteiger partial charge in [0.1, 0.15) is 17.3 Å².